The van der Waals surface area contributed by atoms with E-state index in [2.05, 4.69) is 37.0 Å². The van der Waals surface area contributed by atoms with E-state index in [1.807, 2.05) is 0 Å². The zero-order valence-corrected chi connectivity index (χ0v) is 8.11. The van der Waals surface area contributed by atoms with Gasteiger partial charge in [0.05, 0.1) is 15.2 Å². The fraction of sp³-hybridized carbons (Fsp3) is 0.300. The van der Waals surface area contributed by atoms with Gasteiger partial charge in [-0.25, -0.2) is 4.98 Å². The van der Waals surface area contributed by atoms with Gasteiger partial charge >= 0.3 is 0 Å². The zero-order chi connectivity index (χ0) is 8.55. The molecular weight excluding hydrogens is 166 g/mol. The van der Waals surface area contributed by atoms with Crippen molar-refractivity contribution in [1.82, 2.24) is 4.98 Å². The van der Waals surface area contributed by atoms with Gasteiger partial charge in [0, 0.05) is 0 Å². The van der Waals surface area contributed by atoms with Crippen molar-refractivity contribution < 1.29 is 0 Å². The van der Waals surface area contributed by atoms with Crippen LogP contribution in [0.3, 0.4) is 0 Å². The van der Waals surface area contributed by atoms with Gasteiger partial charge in [-0.1, -0.05) is 19.1 Å². The number of nitrogens with zero attached hydrogens (tertiary/aromatic N) is 1. The summed E-state index contributed by atoms with van der Waals surface area (Å²) in [4.78, 5) is 4.50. The number of aromatic nitrogens is 1. The maximum Gasteiger partial charge on any atom is 0.0907 e. The van der Waals surface area contributed by atoms with Crippen LogP contribution in [-0.4, -0.2) is 4.98 Å². The second-order valence-corrected chi connectivity index (χ2v) is 4.09. The van der Waals surface area contributed by atoms with Crippen LogP contribution in [0.2, 0.25) is 0 Å². The van der Waals surface area contributed by atoms with Crippen molar-refractivity contribution in [1.29, 1.82) is 0 Å². The van der Waals surface area contributed by atoms with Gasteiger partial charge in [-0.3, -0.25) is 0 Å². The van der Waals surface area contributed by atoms with Crippen molar-refractivity contribution in [2.75, 3.05) is 0 Å². The molecule has 0 unspecified atom stereocenters. The van der Waals surface area contributed by atoms with Crippen LogP contribution in [0.5, 0.6) is 0 Å². The summed E-state index contributed by atoms with van der Waals surface area (Å²) in [5.74, 6) is 0. The summed E-state index contributed by atoms with van der Waals surface area (Å²) >= 11 is 1.77. The number of rotatable bonds is 1. The Bertz CT molecular complexity index is 403. The van der Waals surface area contributed by atoms with Crippen molar-refractivity contribution in [3.8, 4) is 0 Å². The second-order valence-electron chi connectivity index (χ2n) is 2.85. The number of benzene rings is 1. The van der Waals surface area contributed by atoms with Gasteiger partial charge in [0.1, 0.15) is 0 Å². The Labute approximate surface area is 76.1 Å². The molecule has 1 heterocycles. The van der Waals surface area contributed by atoms with Crippen LogP contribution in [0.15, 0.2) is 18.2 Å². The van der Waals surface area contributed by atoms with Crippen LogP contribution in [0, 0.1) is 6.92 Å². The topological polar surface area (TPSA) is 12.9 Å². The van der Waals surface area contributed by atoms with Crippen LogP contribution in [-0.2, 0) is 6.42 Å². The highest BCUT2D eigenvalue weighted by molar-refractivity contribution is 7.18. The number of aryl methyl sites for hydroxylation is 2. The molecule has 0 saturated heterocycles. The van der Waals surface area contributed by atoms with Crippen LogP contribution in [0.25, 0.3) is 10.2 Å². The quantitative estimate of drug-likeness (QED) is 0.652. The highest BCUT2D eigenvalue weighted by atomic mass is 32.1. The summed E-state index contributed by atoms with van der Waals surface area (Å²) in [6.45, 7) is 4.23. The maximum absolute atomic E-state index is 4.50. The highest BCUT2D eigenvalue weighted by Gasteiger charge is 2.02. The minimum absolute atomic E-state index is 1.07. The molecule has 1 nitrogen and oxygen atoms in total. The number of thiazole rings is 1. The van der Waals surface area contributed by atoms with Crippen molar-refractivity contribution in [2.24, 2.45) is 0 Å². The number of fused-ring (bicyclic) bond motifs is 1. The van der Waals surface area contributed by atoms with Gasteiger partial charge in [0.15, 0.2) is 0 Å². The molecule has 2 heteroatoms. The molecule has 0 saturated carbocycles. The molecule has 0 aliphatic carbocycles. The Morgan fingerprint density at radius 1 is 1.42 bits per heavy atom. The Morgan fingerprint density at radius 3 is 3.00 bits per heavy atom. The lowest BCUT2D eigenvalue weighted by Crippen LogP contribution is -1.81. The molecule has 0 aliphatic heterocycles. The van der Waals surface area contributed by atoms with E-state index in [0.29, 0.717) is 0 Å². The molecule has 1 aromatic heterocycles. The molecule has 0 N–H and O–H groups in total. The van der Waals surface area contributed by atoms with Crippen molar-refractivity contribution in [3.05, 3.63) is 28.8 Å². The summed E-state index contributed by atoms with van der Waals surface area (Å²) in [5.41, 5.74) is 2.55. The summed E-state index contributed by atoms with van der Waals surface area (Å²) in [6.07, 6.45) is 1.07. The van der Waals surface area contributed by atoms with Crippen LogP contribution >= 0.6 is 11.3 Å². The minimum atomic E-state index is 1.07. The summed E-state index contributed by atoms with van der Waals surface area (Å²) in [5, 5.41) is 1.16. The zero-order valence-electron chi connectivity index (χ0n) is 7.29. The first-order valence-corrected chi connectivity index (χ1v) is 4.98. The first-order chi connectivity index (χ1) is 5.81. The van der Waals surface area contributed by atoms with Crippen molar-refractivity contribution in [3.63, 3.8) is 0 Å². The molecule has 1 aromatic carbocycles. The lowest BCUT2D eigenvalue weighted by molar-refractivity contribution is 1.14. The molecule has 2 rings (SSSR count). The standard InChI is InChI=1S/C10H11NS/c1-3-8-5-4-6-9-10(8)11-7(2)12-9/h4-6H,3H2,1-2H3. The van der Waals surface area contributed by atoms with Gasteiger partial charge in [0.25, 0.3) is 0 Å². The summed E-state index contributed by atoms with van der Waals surface area (Å²) in [7, 11) is 0. The van der Waals surface area contributed by atoms with Gasteiger partial charge in [-0.2, -0.15) is 0 Å². The normalized spacial score (nSPS) is 10.8. The van der Waals surface area contributed by atoms with Crippen molar-refractivity contribution in [2.45, 2.75) is 20.3 Å². The fourth-order valence-corrected chi connectivity index (χ4v) is 2.28. The predicted octanol–water partition coefficient (Wildman–Crippen LogP) is 3.17. The van der Waals surface area contributed by atoms with Crippen LogP contribution < -0.4 is 0 Å². The molecule has 62 valence electrons. The van der Waals surface area contributed by atoms with Crippen molar-refractivity contribution >= 4 is 21.6 Å². The monoisotopic (exact) mass is 177 g/mol. The third-order valence-corrected chi connectivity index (χ3v) is 2.93. The SMILES string of the molecule is CCc1cccc2sc(C)nc12. The molecule has 0 atom stereocenters. The number of hydrogen-bond acceptors (Lipinski definition) is 2. The Hall–Kier alpha value is -0.890. The first-order valence-electron chi connectivity index (χ1n) is 4.16. The highest BCUT2D eigenvalue weighted by Crippen LogP contribution is 2.24. The molecule has 12 heavy (non-hydrogen) atoms. The Balaban J connectivity index is 2.78. The van der Waals surface area contributed by atoms with Gasteiger partial charge in [0.2, 0.25) is 0 Å². The minimum Gasteiger partial charge on any atom is -0.241 e. The third-order valence-electron chi connectivity index (χ3n) is 1.99. The maximum atomic E-state index is 4.50. The van der Waals surface area contributed by atoms with Gasteiger partial charge < -0.3 is 0 Å². The average Bonchev–Trinajstić information content (AvgIpc) is 2.44. The van der Waals surface area contributed by atoms with E-state index >= 15 is 0 Å². The Morgan fingerprint density at radius 2 is 2.25 bits per heavy atom. The first kappa shape index (κ1) is 7.74. The van der Waals surface area contributed by atoms with E-state index in [1.165, 1.54) is 15.8 Å². The van der Waals surface area contributed by atoms with Gasteiger partial charge in [-0.05, 0) is 25.0 Å². The van der Waals surface area contributed by atoms with E-state index in [9.17, 15) is 0 Å². The Kier molecular flexibility index (Phi) is 1.85. The molecule has 0 bridgehead atoms. The van der Waals surface area contributed by atoms with E-state index < -0.39 is 0 Å². The third kappa shape index (κ3) is 1.12. The smallest absolute Gasteiger partial charge is 0.0907 e. The average molecular weight is 177 g/mol. The molecule has 0 aliphatic rings. The lowest BCUT2D eigenvalue weighted by atomic mass is 10.1. The molecule has 0 spiro atoms. The predicted molar refractivity (Wildman–Crippen MR) is 53.7 cm³/mol. The van der Waals surface area contributed by atoms with E-state index in [1.54, 1.807) is 11.3 Å². The van der Waals surface area contributed by atoms with E-state index in [4.69, 9.17) is 0 Å². The molecule has 0 amide bonds. The number of para-hydroxylation sites is 1. The molecular formula is C10H11NS. The van der Waals surface area contributed by atoms with Gasteiger partial charge in [-0.15, -0.1) is 11.3 Å². The summed E-state index contributed by atoms with van der Waals surface area (Å²) < 4.78 is 1.31. The van der Waals surface area contributed by atoms with E-state index in [-0.39, 0.29) is 0 Å². The fourth-order valence-electron chi connectivity index (χ4n) is 1.40. The largest absolute Gasteiger partial charge is 0.241 e. The van der Waals surface area contributed by atoms with Crippen LogP contribution in [0.1, 0.15) is 17.5 Å². The van der Waals surface area contributed by atoms with Crippen LogP contribution in [0.4, 0.5) is 0 Å². The number of hydrogen-bond donors (Lipinski definition) is 0. The summed E-state index contributed by atoms with van der Waals surface area (Å²) in [6, 6.07) is 6.40. The van der Waals surface area contributed by atoms with E-state index in [0.717, 1.165) is 11.4 Å². The molecule has 2 aromatic rings. The molecule has 0 fully saturated rings. The lowest BCUT2D eigenvalue weighted by Gasteiger charge is -1.95. The second kappa shape index (κ2) is 2.87. The molecule has 0 radical (unpaired) electrons.